The molecule has 15 nitrogen and oxygen atoms in total. The Bertz CT molecular complexity index is 2060. The van der Waals surface area contributed by atoms with Crippen LogP contribution in [0.2, 0.25) is 0 Å². The molecule has 0 bridgehead atoms. The number of carbonyl (C=O) groups is 5. The van der Waals surface area contributed by atoms with Gasteiger partial charge in [0.15, 0.2) is 0 Å². The number of carboxylic acid groups (broad SMARTS) is 2. The average molecular weight is 753 g/mol. The number of hydrogen-bond donors (Lipinski definition) is 4. The Balaban J connectivity index is 0.000000291. The number of methoxy groups -OCH3 is 1. The number of nitriles is 1. The number of nitrogens with zero attached hydrogens (tertiary/aromatic N) is 2. The summed E-state index contributed by atoms with van der Waals surface area (Å²) in [5.41, 5.74) is 10.5. The number of esters is 2. The maximum absolute atomic E-state index is 12.4. The largest absolute Gasteiger partial charge is 0.496 e. The lowest BCUT2D eigenvalue weighted by molar-refractivity contribution is -0.166. The summed E-state index contributed by atoms with van der Waals surface area (Å²) in [6.07, 6.45) is -2.70. The molecule has 1 aromatic heterocycles. The van der Waals surface area contributed by atoms with E-state index in [2.05, 4.69) is 16.4 Å². The van der Waals surface area contributed by atoms with Crippen LogP contribution >= 0.6 is 0 Å². The summed E-state index contributed by atoms with van der Waals surface area (Å²) in [5.74, 6) is -5.79. The summed E-state index contributed by atoms with van der Waals surface area (Å²) >= 11 is 0. The molecule has 0 aliphatic carbocycles. The second-order valence-corrected chi connectivity index (χ2v) is 11.6. The molecule has 3 aromatic carbocycles. The van der Waals surface area contributed by atoms with Crippen molar-refractivity contribution < 1.29 is 53.1 Å². The summed E-state index contributed by atoms with van der Waals surface area (Å²) in [4.78, 5) is 63.7. The zero-order valence-electron chi connectivity index (χ0n) is 29.6. The molecular formula is C40H40N4O11. The lowest BCUT2D eigenvalue weighted by Crippen LogP contribution is -2.45. The van der Waals surface area contributed by atoms with Gasteiger partial charge in [0.2, 0.25) is 24.0 Å². The van der Waals surface area contributed by atoms with Gasteiger partial charge in [-0.25, -0.2) is 24.2 Å². The number of anilines is 1. The molecule has 286 valence electrons. The van der Waals surface area contributed by atoms with Gasteiger partial charge < -0.3 is 40.2 Å². The number of hydrogen-bond acceptors (Lipinski definition) is 12. The number of fused-ring (bicyclic) bond motifs is 1. The molecule has 55 heavy (non-hydrogen) atoms. The smallest absolute Gasteiger partial charge is 0.349 e. The van der Waals surface area contributed by atoms with Gasteiger partial charge in [0.1, 0.15) is 5.75 Å². The third-order valence-electron chi connectivity index (χ3n) is 8.03. The van der Waals surface area contributed by atoms with Crippen molar-refractivity contribution in [3.05, 3.63) is 130 Å². The highest BCUT2D eigenvalue weighted by atomic mass is 16.6. The van der Waals surface area contributed by atoms with E-state index in [-0.39, 0.29) is 18.6 Å². The Hall–Kier alpha value is -7.21. The van der Waals surface area contributed by atoms with Crippen LogP contribution < -0.4 is 20.5 Å². The van der Waals surface area contributed by atoms with Gasteiger partial charge in [0.25, 0.3) is 0 Å². The van der Waals surface area contributed by atoms with E-state index in [0.717, 1.165) is 16.8 Å². The van der Waals surface area contributed by atoms with Gasteiger partial charge >= 0.3 is 23.9 Å². The number of amides is 1. The van der Waals surface area contributed by atoms with Crippen LogP contribution in [0.25, 0.3) is 0 Å². The summed E-state index contributed by atoms with van der Waals surface area (Å²) in [6.45, 7) is 6.04. The molecule has 0 radical (unpaired) electrons. The lowest BCUT2D eigenvalue weighted by atomic mass is 9.79. The maximum Gasteiger partial charge on any atom is 0.349 e. The molecule has 5 N–H and O–H groups in total. The number of aliphatic carboxylic acids is 2. The molecule has 1 aliphatic rings. The zero-order chi connectivity index (χ0) is 39.5. The predicted octanol–water partition coefficient (Wildman–Crippen LogP) is 5.23. The van der Waals surface area contributed by atoms with Crippen LogP contribution in [0.5, 0.6) is 11.6 Å². The topological polar surface area (TPSA) is 237 Å². The van der Waals surface area contributed by atoms with Crippen molar-refractivity contribution >= 4 is 35.5 Å². The van der Waals surface area contributed by atoms with E-state index in [1.165, 1.54) is 55.6 Å². The van der Waals surface area contributed by atoms with Gasteiger partial charge in [0, 0.05) is 23.0 Å². The standard InChI is InChI=1S/C21H22N4O3.C18H14O8.CH4/c1-5-28-21-18-17(14-7-6-13(9-22)8-15(14)27-4)16(20(23)26)12(3)25-19(18)11(2)10-24-21;19-15(20)13(25-17(23)11-7-3-1-4-8-11)14(16(21)22)26-18(24)12-9-5-2-6-10-12;/h6-8,10,17,25H,5H2,1-4H3,(H2,23,26);1-10,13-14H,(H,19,20)(H,21,22);1H4/t17-;13-,14-;/m10./s1. The fraction of sp³-hybridized carbons (Fsp3) is 0.225. The summed E-state index contributed by atoms with van der Waals surface area (Å²) in [6, 6.07) is 22.1. The van der Waals surface area contributed by atoms with E-state index in [4.69, 9.17) is 24.7 Å². The Labute approximate surface area is 316 Å². The van der Waals surface area contributed by atoms with Gasteiger partial charge in [-0.2, -0.15) is 5.26 Å². The molecule has 0 saturated heterocycles. The van der Waals surface area contributed by atoms with Gasteiger partial charge in [-0.05, 0) is 62.7 Å². The number of nitrogens with two attached hydrogens (primary N) is 1. The highest BCUT2D eigenvalue weighted by Crippen LogP contribution is 2.48. The number of ether oxygens (including phenoxy) is 4. The Morgan fingerprint density at radius 2 is 1.42 bits per heavy atom. The second kappa shape index (κ2) is 19.0. The molecule has 15 heteroatoms. The quantitative estimate of drug-likeness (QED) is 0.136. The molecule has 1 amide bonds. The van der Waals surface area contributed by atoms with E-state index in [1.54, 1.807) is 36.5 Å². The minimum atomic E-state index is -2.21. The first-order chi connectivity index (χ1) is 25.8. The summed E-state index contributed by atoms with van der Waals surface area (Å²) in [5, 5.41) is 31.0. The Morgan fingerprint density at radius 1 is 0.891 bits per heavy atom. The molecule has 0 fully saturated rings. The number of carboxylic acids is 2. The van der Waals surface area contributed by atoms with Crippen molar-refractivity contribution in [3.8, 4) is 17.7 Å². The van der Waals surface area contributed by atoms with Crippen LogP contribution in [-0.2, 0) is 23.9 Å². The number of primary amides is 1. The van der Waals surface area contributed by atoms with Crippen molar-refractivity contribution in [2.24, 2.45) is 5.73 Å². The molecule has 5 rings (SSSR count). The Kier molecular flexibility index (Phi) is 14.6. The number of benzene rings is 3. The monoisotopic (exact) mass is 752 g/mol. The van der Waals surface area contributed by atoms with Crippen molar-refractivity contribution in [3.63, 3.8) is 0 Å². The van der Waals surface area contributed by atoms with Gasteiger partial charge in [-0.1, -0.05) is 49.9 Å². The normalized spacial score (nSPS) is 13.7. The highest BCUT2D eigenvalue weighted by Gasteiger charge is 2.41. The molecule has 0 spiro atoms. The van der Waals surface area contributed by atoms with E-state index < -0.39 is 47.9 Å². The predicted molar refractivity (Wildman–Crippen MR) is 199 cm³/mol. The fourth-order valence-corrected chi connectivity index (χ4v) is 5.57. The van der Waals surface area contributed by atoms with E-state index in [1.807, 2.05) is 20.8 Å². The van der Waals surface area contributed by atoms with Crippen molar-refractivity contribution in [1.82, 2.24) is 4.98 Å². The number of rotatable bonds is 12. The van der Waals surface area contributed by atoms with Crippen LogP contribution in [0.1, 0.15) is 70.2 Å². The van der Waals surface area contributed by atoms with Crippen LogP contribution in [0.4, 0.5) is 5.69 Å². The van der Waals surface area contributed by atoms with Crippen LogP contribution in [-0.4, -0.2) is 70.9 Å². The third-order valence-corrected chi connectivity index (χ3v) is 8.03. The first-order valence-electron chi connectivity index (χ1n) is 16.3. The van der Waals surface area contributed by atoms with Crippen molar-refractivity contribution in [2.45, 2.75) is 46.3 Å². The van der Waals surface area contributed by atoms with Gasteiger partial charge in [-0.15, -0.1) is 0 Å². The second-order valence-electron chi connectivity index (χ2n) is 11.6. The van der Waals surface area contributed by atoms with E-state index in [9.17, 15) is 39.4 Å². The maximum atomic E-state index is 12.4. The zero-order valence-corrected chi connectivity index (χ0v) is 29.6. The third kappa shape index (κ3) is 9.82. The van der Waals surface area contributed by atoms with Crippen LogP contribution in [0, 0.1) is 18.3 Å². The minimum Gasteiger partial charge on any atom is -0.496 e. The number of nitrogens with one attached hydrogen (secondary N) is 1. The number of allylic oxidation sites excluding steroid dienone is 1. The molecule has 4 aromatic rings. The van der Waals surface area contributed by atoms with Crippen molar-refractivity contribution in [2.75, 3.05) is 19.0 Å². The Morgan fingerprint density at radius 3 is 1.85 bits per heavy atom. The SMILES string of the molecule is C.CCOc1ncc(C)c2c1[C@H](c1ccc(C#N)cc1OC)C(C(N)=O)=C(C)N2.O=C(O[C@H](C(=O)O)[C@H](OC(=O)c1ccccc1)C(=O)O)c1ccccc1. The van der Waals surface area contributed by atoms with Crippen LogP contribution in [0.3, 0.4) is 0 Å². The fourth-order valence-electron chi connectivity index (χ4n) is 5.57. The van der Waals surface area contributed by atoms with Gasteiger partial charge in [-0.3, -0.25) is 4.79 Å². The molecule has 0 unspecified atom stereocenters. The number of carbonyl (C=O) groups excluding carboxylic acids is 3. The average Bonchev–Trinajstić information content (AvgIpc) is 3.17. The molecule has 0 saturated carbocycles. The van der Waals surface area contributed by atoms with Crippen molar-refractivity contribution in [1.29, 1.82) is 5.26 Å². The molecule has 1 aliphatic heterocycles. The minimum absolute atomic E-state index is 0. The van der Waals surface area contributed by atoms with E-state index >= 15 is 0 Å². The first-order valence-corrected chi connectivity index (χ1v) is 16.3. The van der Waals surface area contributed by atoms with Gasteiger partial charge in [0.05, 0.1) is 53.6 Å². The first kappa shape index (κ1) is 42.2. The summed E-state index contributed by atoms with van der Waals surface area (Å²) < 4.78 is 20.8. The molecular weight excluding hydrogens is 712 g/mol. The number of aryl methyl sites for hydroxylation is 1. The highest BCUT2D eigenvalue weighted by molar-refractivity contribution is 5.98. The number of pyridine rings is 1. The van der Waals surface area contributed by atoms with E-state index in [0.29, 0.717) is 40.6 Å². The van der Waals surface area contributed by atoms with Crippen LogP contribution in [0.15, 0.2) is 96.3 Å². The number of aromatic nitrogens is 1. The molecule has 3 atom stereocenters. The molecule has 2 heterocycles. The summed E-state index contributed by atoms with van der Waals surface area (Å²) in [7, 11) is 1.53. The lowest BCUT2D eigenvalue weighted by Gasteiger charge is -2.32.